The Morgan fingerprint density at radius 1 is 1.02 bits per heavy atom. The number of hydrogen-bond acceptors (Lipinski definition) is 7. The maximum absolute atomic E-state index is 13.6. The van der Waals surface area contributed by atoms with E-state index in [9.17, 15) is 13.2 Å². The number of nitrogens with one attached hydrogen (secondary N) is 2. The van der Waals surface area contributed by atoms with Gasteiger partial charge in [-0.3, -0.25) is 14.4 Å². The molecule has 218 valence electrons. The minimum absolute atomic E-state index is 0. The number of thiazole rings is 1. The van der Waals surface area contributed by atoms with Crippen LogP contribution in [0.2, 0.25) is 0 Å². The summed E-state index contributed by atoms with van der Waals surface area (Å²) in [7, 11) is -3.79. The molecule has 0 radical (unpaired) electrons. The zero-order chi connectivity index (χ0) is 28.6. The Labute approximate surface area is 260 Å². The molecule has 6 rings (SSSR count). The molecule has 7 nitrogen and oxygen atoms in total. The van der Waals surface area contributed by atoms with Crippen LogP contribution in [0.1, 0.15) is 39.7 Å². The summed E-state index contributed by atoms with van der Waals surface area (Å²) in [6.45, 7) is 6.97. The van der Waals surface area contributed by atoms with Crippen LogP contribution in [0.5, 0.6) is 0 Å². The molecule has 0 bridgehead atoms. The standard InChI is InChI=1S/C31H30N4O3S3.ClH/c1-3-16-35-17-15-24-27(19-35)40-31(28(24)30-32-25-9-4-5-10-26(25)39-30)33-29(36)21-7-6-8-22(18-21)34-41(37,38)23-13-11-20(2)12-14-23;/h4-14,18,34H,3,15-17,19H2,1-2H3,(H,33,36);1H. The van der Waals surface area contributed by atoms with E-state index in [1.807, 2.05) is 25.1 Å². The van der Waals surface area contributed by atoms with Crippen molar-refractivity contribution in [1.29, 1.82) is 0 Å². The third-order valence-electron chi connectivity index (χ3n) is 7.12. The van der Waals surface area contributed by atoms with E-state index in [1.165, 1.54) is 10.4 Å². The van der Waals surface area contributed by atoms with Gasteiger partial charge in [0, 0.05) is 34.8 Å². The molecular weight excluding hydrogens is 608 g/mol. The fourth-order valence-corrected chi connectivity index (χ4v) is 8.53. The van der Waals surface area contributed by atoms with Crippen LogP contribution in [0.25, 0.3) is 20.8 Å². The highest BCUT2D eigenvalue weighted by Crippen LogP contribution is 2.45. The molecule has 2 N–H and O–H groups in total. The Morgan fingerprint density at radius 2 is 1.81 bits per heavy atom. The lowest BCUT2D eigenvalue weighted by molar-refractivity contribution is 0.102. The Bertz CT molecular complexity index is 1820. The second-order valence-corrected chi connectivity index (χ2v) is 14.0. The summed E-state index contributed by atoms with van der Waals surface area (Å²) in [5.41, 5.74) is 4.87. The number of amides is 1. The zero-order valence-corrected chi connectivity index (χ0v) is 26.5. The number of benzene rings is 3. The van der Waals surface area contributed by atoms with Gasteiger partial charge < -0.3 is 5.32 Å². The fourth-order valence-electron chi connectivity index (χ4n) is 5.09. The van der Waals surface area contributed by atoms with Crippen molar-refractivity contribution in [3.05, 3.63) is 94.4 Å². The largest absolute Gasteiger partial charge is 0.313 e. The first-order valence-electron chi connectivity index (χ1n) is 13.5. The SMILES string of the molecule is CCCN1CCc2c(sc(NC(=O)c3cccc(NS(=O)(=O)c4ccc(C)cc4)c3)c2-c2nc3ccccc3s2)C1.Cl. The van der Waals surface area contributed by atoms with E-state index in [0.29, 0.717) is 11.3 Å². The van der Waals surface area contributed by atoms with E-state index >= 15 is 0 Å². The average molecular weight is 639 g/mol. The second kappa shape index (κ2) is 12.5. The summed E-state index contributed by atoms with van der Waals surface area (Å²) >= 11 is 3.25. The molecule has 1 aliphatic rings. The van der Waals surface area contributed by atoms with E-state index in [0.717, 1.165) is 63.8 Å². The molecule has 2 aromatic heterocycles. The van der Waals surface area contributed by atoms with Crippen LogP contribution in [0.4, 0.5) is 10.7 Å². The number of fused-ring (bicyclic) bond motifs is 2. The average Bonchev–Trinajstić information content (AvgIpc) is 3.53. The lowest BCUT2D eigenvalue weighted by atomic mass is 10.0. The number of thiophene rings is 1. The third kappa shape index (κ3) is 6.23. The highest BCUT2D eigenvalue weighted by atomic mass is 35.5. The van der Waals surface area contributed by atoms with Gasteiger partial charge in [0.1, 0.15) is 10.0 Å². The maximum atomic E-state index is 13.6. The summed E-state index contributed by atoms with van der Waals surface area (Å²) < 4.78 is 29.6. The van der Waals surface area contributed by atoms with Gasteiger partial charge in [0.25, 0.3) is 15.9 Å². The lowest BCUT2D eigenvalue weighted by Crippen LogP contribution is -2.30. The summed E-state index contributed by atoms with van der Waals surface area (Å²) in [5.74, 6) is -0.298. The number of carbonyl (C=O) groups is 1. The van der Waals surface area contributed by atoms with Gasteiger partial charge in [0.15, 0.2) is 0 Å². The van der Waals surface area contributed by atoms with Crippen LogP contribution < -0.4 is 10.0 Å². The van der Waals surface area contributed by atoms with Crippen molar-refractivity contribution in [3.63, 3.8) is 0 Å². The predicted molar refractivity (Wildman–Crippen MR) is 176 cm³/mol. The highest BCUT2D eigenvalue weighted by Gasteiger charge is 2.28. The first-order chi connectivity index (χ1) is 19.8. The van der Waals surface area contributed by atoms with E-state index in [4.69, 9.17) is 4.98 Å². The maximum Gasteiger partial charge on any atom is 0.261 e. The van der Waals surface area contributed by atoms with Crippen LogP contribution in [-0.2, 0) is 23.0 Å². The minimum atomic E-state index is -3.79. The number of nitrogens with zero attached hydrogens (tertiary/aromatic N) is 2. The van der Waals surface area contributed by atoms with Crippen molar-refractivity contribution in [2.45, 2.75) is 38.1 Å². The Balaban J connectivity index is 0.00000353. The monoisotopic (exact) mass is 638 g/mol. The molecule has 5 aromatic rings. The second-order valence-electron chi connectivity index (χ2n) is 10.2. The Hall–Kier alpha value is -3.28. The Kier molecular flexibility index (Phi) is 9.00. The molecule has 42 heavy (non-hydrogen) atoms. The number of aromatic nitrogens is 1. The number of halogens is 1. The van der Waals surface area contributed by atoms with Gasteiger partial charge in [0.05, 0.1) is 15.1 Å². The van der Waals surface area contributed by atoms with Gasteiger partial charge in [-0.1, -0.05) is 42.8 Å². The third-order valence-corrected chi connectivity index (χ3v) is 10.7. The van der Waals surface area contributed by atoms with Crippen molar-refractivity contribution in [2.75, 3.05) is 23.1 Å². The number of anilines is 2. The molecule has 0 aliphatic carbocycles. The van der Waals surface area contributed by atoms with Crippen LogP contribution >= 0.6 is 35.1 Å². The van der Waals surface area contributed by atoms with Crippen molar-refractivity contribution >= 4 is 71.9 Å². The normalized spacial score (nSPS) is 13.4. The van der Waals surface area contributed by atoms with E-state index in [2.05, 4.69) is 27.9 Å². The number of para-hydroxylation sites is 1. The van der Waals surface area contributed by atoms with Gasteiger partial charge in [-0.05, 0) is 74.3 Å². The molecule has 0 unspecified atom stereocenters. The molecule has 0 saturated carbocycles. The van der Waals surface area contributed by atoms with Gasteiger partial charge >= 0.3 is 0 Å². The molecule has 0 saturated heterocycles. The molecule has 0 fully saturated rings. The first-order valence-corrected chi connectivity index (χ1v) is 16.7. The van der Waals surface area contributed by atoms with Gasteiger partial charge in [0.2, 0.25) is 0 Å². The molecule has 3 heterocycles. The van der Waals surface area contributed by atoms with Crippen LogP contribution in [0.15, 0.2) is 77.7 Å². The van der Waals surface area contributed by atoms with Crippen molar-refractivity contribution in [2.24, 2.45) is 0 Å². The fraction of sp³-hybridized carbons (Fsp3) is 0.226. The number of carbonyl (C=O) groups excluding carboxylic acids is 1. The van der Waals surface area contributed by atoms with E-state index < -0.39 is 10.0 Å². The number of sulfonamides is 1. The molecule has 1 aliphatic heterocycles. The van der Waals surface area contributed by atoms with Crippen molar-refractivity contribution in [1.82, 2.24) is 9.88 Å². The smallest absolute Gasteiger partial charge is 0.261 e. The highest BCUT2D eigenvalue weighted by molar-refractivity contribution is 7.92. The predicted octanol–water partition coefficient (Wildman–Crippen LogP) is 7.58. The zero-order valence-electron chi connectivity index (χ0n) is 23.2. The molecule has 11 heteroatoms. The van der Waals surface area contributed by atoms with Gasteiger partial charge in [-0.25, -0.2) is 13.4 Å². The van der Waals surface area contributed by atoms with Crippen LogP contribution in [0, 0.1) is 6.92 Å². The summed E-state index contributed by atoms with van der Waals surface area (Å²) in [5, 5.41) is 4.84. The minimum Gasteiger partial charge on any atom is -0.313 e. The number of hydrogen-bond donors (Lipinski definition) is 2. The molecular formula is C31H31ClN4O3S3. The number of rotatable bonds is 8. The summed E-state index contributed by atoms with van der Waals surface area (Å²) in [4.78, 5) is 22.4. The van der Waals surface area contributed by atoms with Crippen LogP contribution in [0.3, 0.4) is 0 Å². The van der Waals surface area contributed by atoms with E-state index in [1.54, 1.807) is 71.2 Å². The quantitative estimate of drug-likeness (QED) is 0.183. The number of aryl methyl sites for hydroxylation is 1. The molecule has 3 aromatic carbocycles. The van der Waals surface area contributed by atoms with Crippen molar-refractivity contribution < 1.29 is 13.2 Å². The van der Waals surface area contributed by atoms with Crippen LogP contribution in [-0.4, -0.2) is 37.3 Å². The Morgan fingerprint density at radius 3 is 2.57 bits per heavy atom. The molecule has 1 amide bonds. The van der Waals surface area contributed by atoms with Gasteiger partial charge in [-0.2, -0.15) is 0 Å². The first kappa shape index (κ1) is 30.2. The summed E-state index contributed by atoms with van der Waals surface area (Å²) in [6.07, 6.45) is 2.00. The molecule has 0 spiro atoms. The lowest BCUT2D eigenvalue weighted by Gasteiger charge is -2.26. The van der Waals surface area contributed by atoms with Gasteiger partial charge in [-0.15, -0.1) is 35.1 Å². The van der Waals surface area contributed by atoms with Crippen molar-refractivity contribution in [3.8, 4) is 10.6 Å². The molecule has 0 atom stereocenters. The summed E-state index contributed by atoms with van der Waals surface area (Å²) in [6, 6.07) is 21.3. The topological polar surface area (TPSA) is 91.4 Å². The van der Waals surface area contributed by atoms with E-state index in [-0.39, 0.29) is 23.2 Å².